The van der Waals surface area contributed by atoms with E-state index in [0.29, 0.717) is 53.5 Å². The Bertz CT molecular complexity index is 1130. The van der Waals surface area contributed by atoms with E-state index in [1.165, 1.54) is 6.08 Å². The predicted octanol–water partition coefficient (Wildman–Crippen LogP) is 5.35. The van der Waals surface area contributed by atoms with Gasteiger partial charge >= 0.3 is 0 Å². The molecule has 7 heteroatoms. The summed E-state index contributed by atoms with van der Waals surface area (Å²) in [5.74, 6) is 2.23. The summed E-state index contributed by atoms with van der Waals surface area (Å²) in [7, 11) is 1.58. The van der Waals surface area contributed by atoms with Crippen LogP contribution in [-0.4, -0.2) is 26.2 Å². The van der Waals surface area contributed by atoms with Crippen molar-refractivity contribution >= 4 is 29.3 Å². The first-order chi connectivity index (χ1) is 15.6. The Kier molecular flexibility index (Phi) is 6.82. The number of hydrogen-bond donors (Lipinski definition) is 1. The number of ether oxygens (including phenoxy) is 4. The van der Waals surface area contributed by atoms with Gasteiger partial charge in [0, 0.05) is 22.9 Å². The van der Waals surface area contributed by atoms with Crippen LogP contribution in [0.15, 0.2) is 66.7 Å². The number of nitrogens with one attached hydrogen (secondary N) is 1. The molecule has 0 saturated carbocycles. The molecule has 0 radical (unpaired) electrons. The molecule has 3 aromatic rings. The Morgan fingerprint density at radius 3 is 2.56 bits per heavy atom. The Morgan fingerprint density at radius 2 is 1.78 bits per heavy atom. The van der Waals surface area contributed by atoms with Crippen LogP contribution in [0.1, 0.15) is 11.1 Å². The third-order valence-corrected chi connectivity index (χ3v) is 4.98. The second-order valence-electron chi connectivity index (χ2n) is 7.01. The smallest absolute Gasteiger partial charge is 0.248 e. The van der Waals surface area contributed by atoms with Gasteiger partial charge in [-0.1, -0.05) is 29.8 Å². The largest absolute Gasteiger partial charge is 0.493 e. The Hall–Kier alpha value is -3.64. The van der Waals surface area contributed by atoms with Crippen molar-refractivity contribution in [1.82, 2.24) is 0 Å². The number of carbonyl (C=O) groups is 1. The average Bonchev–Trinajstić information content (AvgIpc) is 2.82. The lowest BCUT2D eigenvalue weighted by Crippen LogP contribution is -2.16. The Labute approximate surface area is 191 Å². The predicted molar refractivity (Wildman–Crippen MR) is 124 cm³/mol. The first-order valence-electron chi connectivity index (χ1n) is 10.0. The van der Waals surface area contributed by atoms with Gasteiger partial charge in [0.25, 0.3) is 0 Å². The molecule has 0 aliphatic carbocycles. The number of carbonyl (C=O) groups excluding carboxylic acids is 1. The van der Waals surface area contributed by atoms with Gasteiger partial charge in [0.2, 0.25) is 5.91 Å². The molecule has 4 rings (SSSR count). The van der Waals surface area contributed by atoms with Crippen molar-refractivity contribution in [1.29, 1.82) is 0 Å². The average molecular weight is 452 g/mol. The molecule has 0 atom stereocenters. The first-order valence-corrected chi connectivity index (χ1v) is 10.4. The number of fused-ring (bicyclic) bond motifs is 1. The summed E-state index contributed by atoms with van der Waals surface area (Å²) in [5, 5.41) is 3.50. The van der Waals surface area contributed by atoms with Crippen LogP contribution in [0, 0.1) is 0 Å². The SMILES string of the molecule is COc1cc(C=CC(=O)Nc2ccc3c(c2)OCCO3)ccc1OCc1ccc(Cl)cc1. The van der Waals surface area contributed by atoms with Gasteiger partial charge in [-0.3, -0.25) is 4.79 Å². The van der Waals surface area contributed by atoms with E-state index < -0.39 is 0 Å². The summed E-state index contributed by atoms with van der Waals surface area (Å²) in [5.41, 5.74) is 2.43. The van der Waals surface area contributed by atoms with E-state index in [4.69, 9.17) is 30.5 Å². The molecule has 1 heterocycles. The number of amides is 1. The summed E-state index contributed by atoms with van der Waals surface area (Å²) in [6.45, 7) is 1.40. The molecule has 32 heavy (non-hydrogen) atoms. The van der Waals surface area contributed by atoms with Crippen LogP contribution in [0.4, 0.5) is 5.69 Å². The molecular formula is C25H22ClNO5. The minimum atomic E-state index is -0.260. The van der Waals surface area contributed by atoms with Gasteiger partial charge < -0.3 is 24.3 Å². The minimum absolute atomic E-state index is 0.260. The van der Waals surface area contributed by atoms with Crippen molar-refractivity contribution in [3.63, 3.8) is 0 Å². The molecule has 0 fully saturated rings. The highest BCUT2D eigenvalue weighted by molar-refractivity contribution is 6.30. The van der Waals surface area contributed by atoms with Crippen molar-refractivity contribution < 1.29 is 23.7 Å². The van der Waals surface area contributed by atoms with E-state index in [1.807, 2.05) is 42.5 Å². The van der Waals surface area contributed by atoms with Crippen LogP contribution in [-0.2, 0) is 11.4 Å². The number of halogens is 1. The molecule has 3 aromatic carbocycles. The molecular weight excluding hydrogens is 430 g/mol. The Balaban J connectivity index is 1.37. The zero-order valence-corrected chi connectivity index (χ0v) is 18.2. The quantitative estimate of drug-likeness (QED) is 0.490. The summed E-state index contributed by atoms with van der Waals surface area (Å²) in [4.78, 5) is 12.3. The lowest BCUT2D eigenvalue weighted by molar-refractivity contribution is -0.111. The molecule has 0 bridgehead atoms. The Morgan fingerprint density at radius 1 is 1.00 bits per heavy atom. The third-order valence-electron chi connectivity index (χ3n) is 4.73. The van der Waals surface area contributed by atoms with Crippen molar-refractivity contribution in [3.8, 4) is 23.0 Å². The molecule has 1 aliphatic heterocycles. The minimum Gasteiger partial charge on any atom is -0.493 e. The molecule has 0 spiro atoms. The summed E-state index contributed by atoms with van der Waals surface area (Å²) in [6.07, 6.45) is 3.17. The fourth-order valence-electron chi connectivity index (χ4n) is 3.13. The molecule has 164 valence electrons. The fraction of sp³-hybridized carbons (Fsp3) is 0.160. The molecule has 6 nitrogen and oxygen atoms in total. The van der Waals surface area contributed by atoms with Crippen LogP contribution in [0.5, 0.6) is 23.0 Å². The summed E-state index contributed by atoms with van der Waals surface area (Å²) < 4.78 is 22.3. The van der Waals surface area contributed by atoms with Gasteiger partial charge in [0.15, 0.2) is 23.0 Å². The maximum atomic E-state index is 12.3. The van der Waals surface area contributed by atoms with Crippen molar-refractivity contribution in [2.24, 2.45) is 0 Å². The second-order valence-corrected chi connectivity index (χ2v) is 7.44. The van der Waals surface area contributed by atoms with E-state index in [2.05, 4.69) is 5.32 Å². The monoisotopic (exact) mass is 451 g/mol. The lowest BCUT2D eigenvalue weighted by atomic mass is 10.2. The van der Waals surface area contributed by atoms with Crippen molar-refractivity contribution in [3.05, 3.63) is 82.9 Å². The van der Waals surface area contributed by atoms with E-state index in [-0.39, 0.29) is 5.91 Å². The van der Waals surface area contributed by atoms with Crippen LogP contribution in [0.2, 0.25) is 5.02 Å². The molecule has 1 amide bonds. The highest BCUT2D eigenvalue weighted by Crippen LogP contribution is 2.33. The van der Waals surface area contributed by atoms with Crippen molar-refractivity contribution in [2.45, 2.75) is 6.61 Å². The van der Waals surface area contributed by atoms with Gasteiger partial charge in [-0.25, -0.2) is 0 Å². The third kappa shape index (κ3) is 5.53. The number of methoxy groups -OCH3 is 1. The standard InChI is InChI=1S/C25H22ClNO5/c1-29-23-14-17(4-9-21(23)32-16-18-2-6-19(26)7-3-18)5-11-25(28)27-20-8-10-22-24(15-20)31-13-12-30-22/h2-11,14-15H,12-13,16H2,1H3,(H,27,28). The highest BCUT2D eigenvalue weighted by Gasteiger charge is 2.12. The lowest BCUT2D eigenvalue weighted by Gasteiger charge is -2.18. The number of rotatable bonds is 7. The highest BCUT2D eigenvalue weighted by atomic mass is 35.5. The van der Waals surface area contributed by atoms with E-state index in [0.717, 1.165) is 11.1 Å². The van der Waals surface area contributed by atoms with Gasteiger partial charge in [-0.15, -0.1) is 0 Å². The number of hydrogen-bond acceptors (Lipinski definition) is 5. The summed E-state index contributed by atoms with van der Waals surface area (Å²) in [6, 6.07) is 18.2. The molecule has 0 aromatic heterocycles. The van der Waals surface area contributed by atoms with Gasteiger partial charge in [0.05, 0.1) is 7.11 Å². The van der Waals surface area contributed by atoms with E-state index >= 15 is 0 Å². The molecule has 1 N–H and O–H groups in total. The fourth-order valence-corrected chi connectivity index (χ4v) is 3.25. The van der Waals surface area contributed by atoms with E-state index in [1.54, 1.807) is 31.4 Å². The van der Waals surface area contributed by atoms with Gasteiger partial charge in [-0.05, 0) is 53.6 Å². The number of benzene rings is 3. The second kappa shape index (κ2) is 10.1. The van der Waals surface area contributed by atoms with Crippen LogP contribution in [0.25, 0.3) is 6.08 Å². The molecule has 0 unspecified atom stereocenters. The van der Waals surface area contributed by atoms with Gasteiger partial charge in [-0.2, -0.15) is 0 Å². The zero-order chi connectivity index (χ0) is 22.3. The van der Waals surface area contributed by atoms with Crippen molar-refractivity contribution in [2.75, 3.05) is 25.6 Å². The van der Waals surface area contributed by atoms with Crippen LogP contribution in [0.3, 0.4) is 0 Å². The maximum absolute atomic E-state index is 12.3. The van der Waals surface area contributed by atoms with E-state index in [9.17, 15) is 4.79 Å². The van der Waals surface area contributed by atoms with Gasteiger partial charge in [0.1, 0.15) is 19.8 Å². The topological polar surface area (TPSA) is 66.0 Å². The van der Waals surface area contributed by atoms with Crippen LogP contribution >= 0.6 is 11.6 Å². The summed E-state index contributed by atoms with van der Waals surface area (Å²) >= 11 is 5.91. The maximum Gasteiger partial charge on any atom is 0.248 e. The zero-order valence-electron chi connectivity index (χ0n) is 17.5. The first kappa shape index (κ1) is 21.6. The molecule has 1 aliphatic rings. The van der Waals surface area contributed by atoms with Crippen LogP contribution < -0.4 is 24.3 Å². The normalized spacial score (nSPS) is 12.4. The molecule has 0 saturated heterocycles. The number of anilines is 1.